The molecule has 1 aromatic carbocycles. The highest BCUT2D eigenvalue weighted by molar-refractivity contribution is 7.91. The van der Waals surface area contributed by atoms with Gasteiger partial charge in [-0.25, -0.2) is 8.42 Å². The maximum absolute atomic E-state index is 12.5. The SMILES string of the molecule is CCS(=O)(=O)c1ccc(C(=O)N2CCN(C3CCC3)CC2)cc1. The summed E-state index contributed by atoms with van der Waals surface area (Å²) in [6.45, 7) is 5.02. The topological polar surface area (TPSA) is 57.7 Å². The fraction of sp³-hybridized carbons (Fsp3) is 0.588. The highest BCUT2D eigenvalue weighted by Crippen LogP contribution is 2.25. The van der Waals surface area contributed by atoms with Gasteiger partial charge in [0.2, 0.25) is 0 Å². The van der Waals surface area contributed by atoms with E-state index in [9.17, 15) is 13.2 Å². The molecule has 1 aliphatic carbocycles. The first-order valence-corrected chi connectivity index (χ1v) is 10.0. The average Bonchev–Trinajstić information content (AvgIpc) is 2.53. The molecular weight excluding hydrogens is 312 g/mol. The molecule has 0 radical (unpaired) electrons. The first-order chi connectivity index (χ1) is 11.0. The van der Waals surface area contributed by atoms with Crippen molar-refractivity contribution >= 4 is 15.7 Å². The van der Waals surface area contributed by atoms with E-state index < -0.39 is 9.84 Å². The number of piperazine rings is 1. The van der Waals surface area contributed by atoms with Gasteiger partial charge in [-0.05, 0) is 37.1 Å². The first kappa shape index (κ1) is 16.5. The molecule has 2 aliphatic rings. The van der Waals surface area contributed by atoms with Crippen LogP contribution in [0.5, 0.6) is 0 Å². The van der Waals surface area contributed by atoms with Crippen molar-refractivity contribution in [3.05, 3.63) is 29.8 Å². The van der Waals surface area contributed by atoms with E-state index >= 15 is 0 Å². The minimum Gasteiger partial charge on any atom is -0.336 e. The molecule has 1 saturated carbocycles. The molecule has 0 spiro atoms. The quantitative estimate of drug-likeness (QED) is 0.841. The summed E-state index contributed by atoms with van der Waals surface area (Å²) in [6.07, 6.45) is 3.92. The van der Waals surface area contributed by atoms with Gasteiger partial charge >= 0.3 is 0 Å². The van der Waals surface area contributed by atoms with Crippen LogP contribution in [0.25, 0.3) is 0 Å². The van der Waals surface area contributed by atoms with Crippen LogP contribution in [0.15, 0.2) is 29.2 Å². The number of hydrogen-bond acceptors (Lipinski definition) is 4. The molecule has 3 rings (SSSR count). The van der Waals surface area contributed by atoms with Gasteiger partial charge in [-0.2, -0.15) is 0 Å². The Morgan fingerprint density at radius 3 is 2.17 bits per heavy atom. The second-order valence-corrected chi connectivity index (χ2v) is 8.62. The average molecular weight is 336 g/mol. The molecule has 0 aromatic heterocycles. The number of sulfone groups is 1. The second kappa shape index (κ2) is 6.61. The fourth-order valence-corrected chi connectivity index (χ4v) is 4.08. The van der Waals surface area contributed by atoms with Crippen molar-refractivity contribution in [2.75, 3.05) is 31.9 Å². The van der Waals surface area contributed by atoms with E-state index in [1.54, 1.807) is 19.1 Å². The standard InChI is InChI=1S/C17H24N2O3S/c1-2-23(21,22)16-8-6-14(7-9-16)17(20)19-12-10-18(11-13-19)15-4-3-5-15/h6-9,15H,2-5,10-13H2,1H3. The summed E-state index contributed by atoms with van der Waals surface area (Å²) < 4.78 is 23.6. The molecule has 2 fully saturated rings. The number of carbonyl (C=O) groups excluding carboxylic acids is 1. The lowest BCUT2D eigenvalue weighted by atomic mass is 9.91. The molecule has 0 unspecified atom stereocenters. The number of carbonyl (C=O) groups is 1. The smallest absolute Gasteiger partial charge is 0.253 e. The lowest BCUT2D eigenvalue weighted by Crippen LogP contribution is -2.53. The summed E-state index contributed by atoms with van der Waals surface area (Å²) in [5.41, 5.74) is 0.567. The third kappa shape index (κ3) is 3.43. The Labute approximate surface area is 138 Å². The van der Waals surface area contributed by atoms with E-state index in [1.807, 2.05) is 4.90 Å². The van der Waals surface area contributed by atoms with Gasteiger partial charge in [-0.1, -0.05) is 13.3 Å². The summed E-state index contributed by atoms with van der Waals surface area (Å²) >= 11 is 0. The molecule has 0 N–H and O–H groups in total. The minimum absolute atomic E-state index is 0.00120. The minimum atomic E-state index is -3.21. The van der Waals surface area contributed by atoms with E-state index in [4.69, 9.17) is 0 Å². The summed E-state index contributed by atoms with van der Waals surface area (Å²) in [5.74, 6) is 0.0716. The van der Waals surface area contributed by atoms with Gasteiger partial charge in [0, 0.05) is 37.8 Å². The molecule has 1 aliphatic heterocycles. The van der Waals surface area contributed by atoms with Gasteiger partial charge in [0.1, 0.15) is 0 Å². The predicted octanol–water partition coefficient (Wildman–Crippen LogP) is 1.79. The zero-order valence-electron chi connectivity index (χ0n) is 13.6. The van der Waals surface area contributed by atoms with Crippen molar-refractivity contribution in [2.45, 2.75) is 37.1 Å². The third-order valence-electron chi connectivity index (χ3n) is 5.03. The third-order valence-corrected chi connectivity index (χ3v) is 6.78. The van der Waals surface area contributed by atoms with Crippen LogP contribution < -0.4 is 0 Å². The van der Waals surface area contributed by atoms with Gasteiger partial charge in [0.25, 0.3) is 5.91 Å². The second-order valence-electron chi connectivity index (χ2n) is 6.34. The molecule has 23 heavy (non-hydrogen) atoms. The Bertz CT molecular complexity index is 658. The molecule has 126 valence electrons. The van der Waals surface area contributed by atoms with E-state index in [1.165, 1.54) is 31.4 Å². The van der Waals surface area contributed by atoms with Crippen LogP contribution in [0, 0.1) is 0 Å². The molecule has 1 saturated heterocycles. The number of nitrogens with zero attached hydrogens (tertiary/aromatic N) is 2. The van der Waals surface area contributed by atoms with Crippen molar-refractivity contribution < 1.29 is 13.2 Å². The van der Waals surface area contributed by atoms with E-state index in [0.29, 0.717) is 5.56 Å². The Hall–Kier alpha value is -1.40. The van der Waals surface area contributed by atoms with E-state index in [0.717, 1.165) is 32.2 Å². The van der Waals surface area contributed by atoms with Crippen LogP contribution >= 0.6 is 0 Å². The van der Waals surface area contributed by atoms with E-state index in [-0.39, 0.29) is 16.6 Å². The Balaban J connectivity index is 1.62. The van der Waals surface area contributed by atoms with Crippen molar-refractivity contribution in [3.63, 3.8) is 0 Å². The van der Waals surface area contributed by atoms with Crippen molar-refractivity contribution in [1.82, 2.24) is 9.80 Å². The van der Waals surface area contributed by atoms with Crippen LogP contribution in [0.1, 0.15) is 36.5 Å². The Kier molecular flexibility index (Phi) is 4.73. The molecule has 0 atom stereocenters. The molecule has 5 nitrogen and oxygen atoms in total. The summed E-state index contributed by atoms with van der Waals surface area (Å²) in [7, 11) is -3.21. The van der Waals surface area contributed by atoms with Crippen LogP contribution in [0.3, 0.4) is 0 Å². The van der Waals surface area contributed by atoms with Crippen LogP contribution in [0.4, 0.5) is 0 Å². The number of rotatable bonds is 4. The first-order valence-electron chi connectivity index (χ1n) is 8.37. The van der Waals surface area contributed by atoms with E-state index in [2.05, 4.69) is 4.90 Å². The largest absolute Gasteiger partial charge is 0.336 e. The van der Waals surface area contributed by atoms with Crippen LogP contribution in [-0.4, -0.2) is 62.1 Å². The summed E-state index contributed by atoms with van der Waals surface area (Å²) in [5, 5.41) is 0. The lowest BCUT2D eigenvalue weighted by Gasteiger charge is -2.42. The molecule has 6 heteroatoms. The Morgan fingerprint density at radius 2 is 1.70 bits per heavy atom. The van der Waals surface area contributed by atoms with Gasteiger partial charge in [-0.3, -0.25) is 9.69 Å². The maximum Gasteiger partial charge on any atom is 0.253 e. The number of amides is 1. The maximum atomic E-state index is 12.5. The molecule has 0 bridgehead atoms. The van der Waals surface area contributed by atoms with Crippen LogP contribution in [0.2, 0.25) is 0 Å². The molecule has 1 amide bonds. The van der Waals surface area contributed by atoms with Crippen molar-refractivity contribution in [2.24, 2.45) is 0 Å². The normalized spacial score (nSPS) is 20.3. The lowest BCUT2D eigenvalue weighted by molar-refractivity contribution is 0.0455. The van der Waals surface area contributed by atoms with Gasteiger partial charge in [0.05, 0.1) is 10.6 Å². The van der Waals surface area contributed by atoms with Gasteiger partial charge < -0.3 is 4.90 Å². The summed E-state index contributed by atoms with van der Waals surface area (Å²) in [6, 6.07) is 7.06. The summed E-state index contributed by atoms with van der Waals surface area (Å²) in [4.78, 5) is 17.2. The van der Waals surface area contributed by atoms with Crippen LogP contribution in [-0.2, 0) is 9.84 Å². The van der Waals surface area contributed by atoms with Gasteiger partial charge in [0.15, 0.2) is 9.84 Å². The fourth-order valence-electron chi connectivity index (χ4n) is 3.20. The molecular formula is C17H24N2O3S. The zero-order chi connectivity index (χ0) is 16.4. The monoisotopic (exact) mass is 336 g/mol. The Morgan fingerprint density at radius 1 is 1.09 bits per heavy atom. The van der Waals surface area contributed by atoms with Crippen molar-refractivity contribution in [1.29, 1.82) is 0 Å². The zero-order valence-corrected chi connectivity index (χ0v) is 14.4. The van der Waals surface area contributed by atoms with Crippen molar-refractivity contribution in [3.8, 4) is 0 Å². The molecule has 1 aromatic rings. The highest BCUT2D eigenvalue weighted by Gasteiger charge is 2.29. The molecule has 1 heterocycles. The predicted molar refractivity (Wildman–Crippen MR) is 89.3 cm³/mol. The van der Waals surface area contributed by atoms with Gasteiger partial charge in [-0.15, -0.1) is 0 Å². The highest BCUT2D eigenvalue weighted by atomic mass is 32.2. The number of hydrogen-bond donors (Lipinski definition) is 0. The number of benzene rings is 1.